The zero-order chi connectivity index (χ0) is 15.3. The molecule has 0 aliphatic carbocycles. The van der Waals surface area contributed by atoms with Crippen molar-refractivity contribution in [3.63, 3.8) is 0 Å². The van der Waals surface area contributed by atoms with Gasteiger partial charge in [-0.1, -0.05) is 6.07 Å². The van der Waals surface area contributed by atoms with Crippen LogP contribution in [0.3, 0.4) is 0 Å². The van der Waals surface area contributed by atoms with Crippen molar-refractivity contribution in [3.05, 3.63) is 30.1 Å². The molecule has 1 aromatic heterocycles. The van der Waals surface area contributed by atoms with Crippen LogP contribution >= 0.6 is 0 Å². The molecule has 1 aromatic rings. The summed E-state index contributed by atoms with van der Waals surface area (Å²) >= 11 is 0. The second-order valence-corrected chi connectivity index (χ2v) is 5.79. The van der Waals surface area contributed by atoms with Crippen molar-refractivity contribution in [2.24, 2.45) is 5.41 Å². The number of rotatable bonds is 5. The van der Waals surface area contributed by atoms with E-state index in [0.29, 0.717) is 25.9 Å². The van der Waals surface area contributed by atoms with Crippen molar-refractivity contribution < 1.29 is 14.3 Å². The van der Waals surface area contributed by atoms with E-state index in [9.17, 15) is 9.59 Å². The van der Waals surface area contributed by atoms with Crippen molar-refractivity contribution in [2.45, 2.75) is 32.6 Å². The minimum Gasteiger partial charge on any atom is -0.469 e. The Bertz CT molecular complexity index is 504. The fourth-order valence-electron chi connectivity index (χ4n) is 2.71. The van der Waals surface area contributed by atoms with E-state index in [0.717, 1.165) is 18.5 Å². The van der Waals surface area contributed by atoms with Crippen LogP contribution in [0.4, 0.5) is 0 Å². The van der Waals surface area contributed by atoms with Crippen molar-refractivity contribution in [1.82, 2.24) is 9.88 Å². The Labute approximate surface area is 125 Å². The Morgan fingerprint density at radius 3 is 2.90 bits per heavy atom. The van der Waals surface area contributed by atoms with Crippen LogP contribution in [-0.4, -0.2) is 42.0 Å². The first-order valence-corrected chi connectivity index (χ1v) is 7.31. The molecule has 1 saturated heterocycles. The molecule has 5 nitrogen and oxygen atoms in total. The Kier molecular flexibility index (Phi) is 4.94. The Balaban J connectivity index is 1.78. The van der Waals surface area contributed by atoms with Crippen LogP contribution in [0.25, 0.3) is 0 Å². The van der Waals surface area contributed by atoms with Crippen molar-refractivity contribution in [3.8, 4) is 0 Å². The number of hydrogen-bond acceptors (Lipinski definition) is 4. The predicted molar refractivity (Wildman–Crippen MR) is 78.5 cm³/mol. The molecule has 114 valence electrons. The monoisotopic (exact) mass is 290 g/mol. The fourth-order valence-corrected chi connectivity index (χ4v) is 2.71. The number of pyridine rings is 1. The molecular formula is C16H22N2O3. The maximum Gasteiger partial charge on any atom is 0.313 e. The van der Waals surface area contributed by atoms with Crippen molar-refractivity contribution in [1.29, 1.82) is 0 Å². The molecule has 0 saturated carbocycles. The third-order valence-corrected chi connectivity index (χ3v) is 4.05. The molecule has 1 fully saturated rings. The molecule has 2 heterocycles. The fraction of sp³-hybridized carbons (Fsp3) is 0.562. The van der Waals surface area contributed by atoms with Crippen LogP contribution in [0.5, 0.6) is 0 Å². The van der Waals surface area contributed by atoms with Crippen LogP contribution in [0, 0.1) is 5.41 Å². The third-order valence-electron chi connectivity index (χ3n) is 4.05. The molecule has 1 aliphatic heterocycles. The Morgan fingerprint density at radius 1 is 1.43 bits per heavy atom. The van der Waals surface area contributed by atoms with Crippen LogP contribution < -0.4 is 0 Å². The van der Waals surface area contributed by atoms with Gasteiger partial charge in [0.05, 0.1) is 12.5 Å². The number of carbonyl (C=O) groups excluding carboxylic acids is 2. The highest BCUT2D eigenvalue weighted by Gasteiger charge is 2.42. The average Bonchev–Trinajstić information content (AvgIpc) is 2.91. The van der Waals surface area contributed by atoms with Gasteiger partial charge in [0, 0.05) is 31.4 Å². The molecule has 21 heavy (non-hydrogen) atoms. The van der Waals surface area contributed by atoms with Gasteiger partial charge in [0.1, 0.15) is 0 Å². The molecule has 2 rings (SSSR count). The van der Waals surface area contributed by atoms with E-state index < -0.39 is 5.41 Å². The lowest BCUT2D eigenvalue weighted by atomic mass is 9.90. The van der Waals surface area contributed by atoms with E-state index in [1.165, 1.54) is 7.11 Å². The van der Waals surface area contributed by atoms with Gasteiger partial charge in [0.2, 0.25) is 5.91 Å². The highest BCUT2D eigenvalue weighted by molar-refractivity contribution is 5.81. The van der Waals surface area contributed by atoms with Crippen LogP contribution in [-0.2, 0) is 20.7 Å². The summed E-state index contributed by atoms with van der Waals surface area (Å²) in [4.78, 5) is 29.9. The first-order valence-electron chi connectivity index (χ1n) is 7.31. The highest BCUT2D eigenvalue weighted by Crippen LogP contribution is 2.31. The van der Waals surface area contributed by atoms with Crippen molar-refractivity contribution in [2.75, 3.05) is 20.2 Å². The number of nitrogens with zero attached hydrogens (tertiary/aromatic N) is 2. The lowest BCUT2D eigenvalue weighted by molar-refractivity contribution is -0.151. The van der Waals surface area contributed by atoms with Gasteiger partial charge in [-0.2, -0.15) is 0 Å². The van der Waals surface area contributed by atoms with Gasteiger partial charge >= 0.3 is 5.97 Å². The van der Waals surface area contributed by atoms with Gasteiger partial charge in [-0.15, -0.1) is 0 Å². The number of hydrogen-bond donors (Lipinski definition) is 0. The molecule has 0 N–H and O–H groups in total. The second kappa shape index (κ2) is 6.70. The minimum absolute atomic E-state index is 0.110. The summed E-state index contributed by atoms with van der Waals surface area (Å²) in [5, 5.41) is 0. The van der Waals surface area contributed by atoms with E-state index in [1.807, 2.05) is 25.1 Å². The van der Waals surface area contributed by atoms with E-state index in [2.05, 4.69) is 4.98 Å². The maximum atomic E-state index is 12.2. The summed E-state index contributed by atoms with van der Waals surface area (Å²) in [6.45, 7) is 2.95. The Hall–Kier alpha value is -1.91. The van der Waals surface area contributed by atoms with Gasteiger partial charge in [-0.3, -0.25) is 14.6 Å². The molecule has 1 atom stereocenters. The van der Waals surface area contributed by atoms with Crippen LogP contribution in [0.1, 0.15) is 31.9 Å². The van der Waals surface area contributed by atoms with E-state index in [-0.39, 0.29) is 11.9 Å². The van der Waals surface area contributed by atoms with E-state index in [4.69, 9.17) is 4.74 Å². The summed E-state index contributed by atoms with van der Waals surface area (Å²) in [7, 11) is 1.39. The minimum atomic E-state index is -0.550. The van der Waals surface area contributed by atoms with E-state index in [1.54, 1.807) is 11.1 Å². The van der Waals surface area contributed by atoms with Gasteiger partial charge < -0.3 is 9.64 Å². The van der Waals surface area contributed by atoms with Gasteiger partial charge in [-0.05, 0) is 38.3 Å². The number of esters is 1. The number of aromatic nitrogens is 1. The van der Waals surface area contributed by atoms with Gasteiger partial charge in [0.25, 0.3) is 0 Å². The summed E-state index contributed by atoms with van der Waals surface area (Å²) in [5.41, 5.74) is 0.455. The average molecular weight is 290 g/mol. The van der Waals surface area contributed by atoms with Crippen LogP contribution in [0.2, 0.25) is 0 Å². The second-order valence-electron chi connectivity index (χ2n) is 5.79. The molecular weight excluding hydrogens is 268 g/mol. The molecule has 0 bridgehead atoms. The number of likely N-dealkylation sites (tertiary alicyclic amines) is 1. The molecule has 0 unspecified atom stereocenters. The topological polar surface area (TPSA) is 59.5 Å². The molecule has 1 aliphatic rings. The molecule has 1 amide bonds. The Morgan fingerprint density at radius 2 is 2.24 bits per heavy atom. The summed E-state index contributed by atoms with van der Waals surface area (Å²) in [6, 6.07) is 5.80. The lowest BCUT2D eigenvalue weighted by Crippen LogP contribution is -2.35. The quantitative estimate of drug-likeness (QED) is 0.776. The predicted octanol–water partition coefficient (Wildman–Crippen LogP) is 1.82. The highest BCUT2D eigenvalue weighted by atomic mass is 16.5. The van der Waals surface area contributed by atoms with Gasteiger partial charge in [0.15, 0.2) is 0 Å². The number of ether oxygens (including phenoxy) is 1. The SMILES string of the molecule is COC(=O)[C@@]1(C)CCN(C(=O)CCCc2ccccn2)C1. The number of amides is 1. The maximum absolute atomic E-state index is 12.2. The van der Waals surface area contributed by atoms with Gasteiger partial charge in [-0.25, -0.2) is 0 Å². The normalized spacial score (nSPS) is 21.3. The molecule has 5 heteroatoms. The van der Waals surface area contributed by atoms with Crippen LogP contribution in [0.15, 0.2) is 24.4 Å². The first kappa shape index (κ1) is 15.5. The zero-order valence-electron chi connectivity index (χ0n) is 12.7. The zero-order valence-corrected chi connectivity index (χ0v) is 12.7. The number of aryl methyl sites for hydroxylation is 1. The molecule has 0 aromatic carbocycles. The smallest absolute Gasteiger partial charge is 0.313 e. The lowest BCUT2D eigenvalue weighted by Gasteiger charge is -2.21. The summed E-state index contributed by atoms with van der Waals surface area (Å²) < 4.78 is 4.82. The first-order chi connectivity index (χ1) is 10.0. The summed E-state index contributed by atoms with van der Waals surface area (Å²) in [5.74, 6) is -0.121. The van der Waals surface area contributed by atoms with E-state index >= 15 is 0 Å². The standard InChI is InChI=1S/C16H22N2O3/c1-16(15(20)21-2)9-11-18(12-16)14(19)8-5-7-13-6-3-4-10-17-13/h3-4,6,10H,5,7-9,11-12H2,1-2H3/t16-/m0/s1. The molecule has 0 spiro atoms. The van der Waals surface area contributed by atoms with Crippen molar-refractivity contribution >= 4 is 11.9 Å². The number of methoxy groups -OCH3 is 1. The molecule has 0 radical (unpaired) electrons. The largest absolute Gasteiger partial charge is 0.469 e. The summed E-state index contributed by atoms with van der Waals surface area (Å²) in [6.07, 6.45) is 4.51. The third kappa shape index (κ3) is 3.80. The number of carbonyl (C=O) groups is 2.